The molecule has 0 unspecified atom stereocenters. The molecule has 0 amide bonds. The Hall–Kier alpha value is -2.76. The zero-order valence-corrected chi connectivity index (χ0v) is 21.4. The van der Waals surface area contributed by atoms with E-state index in [-0.39, 0.29) is 0 Å². The van der Waals surface area contributed by atoms with Crippen molar-refractivity contribution in [2.45, 2.75) is 19.4 Å². The molecule has 0 N–H and O–H groups in total. The summed E-state index contributed by atoms with van der Waals surface area (Å²) < 4.78 is 13.0. The van der Waals surface area contributed by atoms with Gasteiger partial charge in [-0.1, -0.05) is 65.1 Å². The van der Waals surface area contributed by atoms with E-state index in [2.05, 4.69) is 0 Å². The molecule has 1 aromatic heterocycles. The predicted molar refractivity (Wildman–Crippen MR) is 142 cm³/mol. The lowest BCUT2D eigenvalue weighted by Crippen LogP contribution is -2.09. The Balaban J connectivity index is 1.70. The molecular formula is C28H24Cl3NO3. The molecule has 0 saturated carbocycles. The minimum atomic E-state index is -0.413. The van der Waals surface area contributed by atoms with Crippen LogP contribution in [0.2, 0.25) is 15.1 Å². The first-order chi connectivity index (χ1) is 17.0. The van der Waals surface area contributed by atoms with E-state index in [1.165, 1.54) is 7.11 Å². The number of hydrogen-bond donors (Lipinski definition) is 0. The topological polar surface area (TPSA) is 40.5 Å². The largest absolute Gasteiger partial charge is 0.465 e. The van der Waals surface area contributed by atoms with Crippen LogP contribution in [0.15, 0.2) is 78.9 Å². The van der Waals surface area contributed by atoms with Crippen molar-refractivity contribution in [1.82, 2.24) is 4.57 Å². The summed E-state index contributed by atoms with van der Waals surface area (Å²) in [5, 5.41) is 1.64. The maximum absolute atomic E-state index is 12.8. The van der Waals surface area contributed by atoms with Crippen molar-refractivity contribution in [3.8, 4) is 16.9 Å². The summed E-state index contributed by atoms with van der Waals surface area (Å²) in [5.41, 5.74) is 4.77. The second-order valence-electron chi connectivity index (χ2n) is 7.96. The highest BCUT2D eigenvalue weighted by atomic mass is 35.5. The van der Waals surface area contributed by atoms with Gasteiger partial charge in [0.05, 0.1) is 30.0 Å². The number of carbonyl (C=O) groups excluding carboxylic acids is 1. The van der Waals surface area contributed by atoms with Crippen molar-refractivity contribution in [3.63, 3.8) is 0 Å². The van der Waals surface area contributed by atoms with Crippen LogP contribution in [0.3, 0.4) is 0 Å². The molecule has 0 aliphatic heterocycles. The standard InChI is InChI=1S/C28H24Cl3NO3/c1-34-28(33)24-17-27(23-14-11-21(30)16-25(23)31)32(22-12-9-20(29)10-13-22)26(24)8-5-15-35-18-19-6-3-2-4-7-19/h2-4,6-7,9-14,16-17H,5,8,15,18H2,1H3. The zero-order valence-electron chi connectivity index (χ0n) is 19.1. The zero-order chi connectivity index (χ0) is 24.8. The highest BCUT2D eigenvalue weighted by molar-refractivity contribution is 6.36. The van der Waals surface area contributed by atoms with Gasteiger partial charge in [-0.25, -0.2) is 4.79 Å². The Morgan fingerprint density at radius 3 is 2.29 bits per heavy atom. The fraction of sp³-hybridized carbons (Fsp3) is 0.179. The van der Waals surface area contributed by atoms with Crippen LogP contribution >= 0.6 is 34.8 Å². The summed E-state index contributed by atoms with van der Waals surface area (Å²) in [6.07, 6.45) is 1.30. The van der Waals surface area contributed by atoms with E-state index < -0.39 is 5.97 Å². The molecule has 4 nitrogen and oxygen atoms in total. The number of carbonyl (C=O) groups is 1. The van der Waals surface area contributed by atoms with Crippen molar-refractivity contribution >= 4 is 40.8 Å². The fourth-order valence-corrected chi connectivity index (χ4v) is 4.60. The average molecular weight is 529 g/mol. The van der Waals surface area contributed by atoms with Crippen LogP contribution in [0.5, 0.6) is 0 Å². The molecule has 0 fully saturated rings. The van der Waals surface area contributed by atoms with E-state index in [4.69, 9.17) is 44.3 Å². The van der Waals surface area contributed by atoms with Gasteiger partial charge in [0.2, 0.25) is 0 Å². The van der Waals surface area contributed by atoms with Crippen LogP contribution in [-0.4, -0.2) is 24.3 Å². The van der Waals surface area contributed by atoms with Crippen LogP contribution in [-0.2, 0) is 22.5 Å². The van der Waals surface area contributed by atoms with Gasteiger partial charge in [-0.3, -0.25) is 0 Å². The first-order valence-electron chi connectivity index (χ1n) is 11.1. The maximum Gasteiger partial charge on any atom is 0.339 e. The molecule has 0 radical (unpaired) electrons. The first-order valence-corrected chi connectivity index (χ1v) is 12.3. The molecule has 0 bridgehead atoms. The Labute approximate surface area is 220 Å². The van der Waals surface area contributed by atoms with Crippen molar-refractivity contribution < 1.29 is 14.3 Å². The van der Waals surface area contributed by atoms with E-state index in [1.807, 2.05) is 71.3 Å². The number of esters is 1. The number of methoxy groups -OCH3 is 1. The van der Waals surface area contributed by atoms with Gasteiger partial charge in [-0.15, -0.1) is 0 Å². The third-order valence-electron chi connectivity index (χ3n) is 5.61. The maximum atomic E-state index is 12.8. The smallest absolute Gasteiger partial charge is 0.339 e. The molecule has 0 aliphatic carbocycles. The Bertz CT molecular complexity index is 1300. The molecule has 35 heavy (non-hydrogen) atoms. The van der Waals surface area contributed by atoms with Crippen molar-refractivity contribution in [2.75, 3.05) is 13.7 Å². The highest BCUT2D eigenvalue weighted by Crippen LogP contribution is 2.36. The third kappa shape index (κ3) is 6.09. The summed E-state index contributed by atoms with van der Waals surface area (Å²) in [6, 6.07) is 24.6. The number of benzene rings is 3. The molecule has 3 aromatic carbocycles. The predicted octanol–water partition coefficient (Wildman–Crippen LogP) is 8.04. The second-order valence-corrected chi connectivity index (χ2v) is 9.24. The fourth-order valence-electron chi connectivity index (χ4n) is 3.97. The average Bonchev–Trinajstić information content (AvgIpc) is 3.23. The van der Waals surface area contributed by atoms with E-state index in [0.29, 0.717) is 46.7 Å². The Kier molecular flexibility index (Phi) is 8.53. The summed E-state index contributed by atoms with van der Waals surface area (Å²) in [5.74, 6) is -0.413. The molecular weight excluding hydrogens is 505 g/mol. The molecule has 1 heterocycles. The highest BCUT2D eigenvalue weighted by Gasteiger charge is 2.23. The van der Waals surface area contributed by atoms with Crippen LogP contribution in [0, 0.1) is 0 Å². The molecule has 180 valence electrons. The minimum Gasteiger partial charge on any atom is -0.465 e. The summed E-state index contributed by atoms with van der Waals surface area (Å²) in [4.78, 5) is 12.8. The van der Waals surface area contributed by atoms with Gasteiger partial charge >= 0.3 is 5.97 Å². The molecule has 0 spiro atoms. The molecule has 7 heteroatoms. The van der Waals surface area contributed by atoms with Gasteiger partial charge < -0.3 is 14.0 Å². The van der Waals surface area contributed by atoms with Gasteiger partial charge in [-0.05, 0) is 66.9 Å². The van der Waals surface area contributed by atoms with Gasteiger partial charge in [0.25, 0.3) is 0 Å². The van der Waals surface area contributed by atoms with E-state index in [1.54, 1.807) is 12.1 Å². The molecule has 4 rings (SSSR count). The van der Waals surface area contributed by atoms with Crippen LogP contribution in [0.25, 0.3) is 16.9 Å². The summed E-state index contributed by atoms with van der Waals surface area (Å²) >= 11 is 18.9. The first kappa shape index (κ1) is 25.3. The van der Waals surface area contributed by atoms with E-state index >= 15 is 0 Å². The van der Waals surface area contributed by atoms with Crippen LogP contribution < -0.4 is 0 Å². The quantitative estimate of drug-likeness (QED) is 0.163. The van der Waals surface area contributed by atoms with E-state index in [0.717, 1.165) is 28.2 Å². The Morgan fingerprint density at radius 2 is 1.60 bits per heavy atom. The lowest BCUT2D eigenvalue weighted by molar-refractivity contribution is 0.0599. The normalized spacial score (nSPS) is 11.0. The minimum absolute atomic E-state index is 0.413. The SMILES string of the molecule is COC(=O)c1cc(-c2ccc(Cl)cc2Cl)n(-c2ccc(Cl)cc2)c1CCCOCc1ccccc1. The summed E-state index contributed by atoms with van der Waals surface area (Å²) in [7, 11) is 1.38. The summed E-state index contributed by atoms with van der Waals surface area (Å²) in [6.45, 7) is 1.08. The number of nitrogens with zero attached hydrogens (tertiary/aromatic N) is 1. The second kappa shape index (κ2) is 11.8. The number of rotatable bonds is 9. The van der Waals surface area contributed by atoms with Crippen molar-refractivity contribution in [1.29, 1.82) is 0 Å². The van der Waals surface area contributed by atoms with Gasteiger partial charge in [0.15, 0.2) is 0 Å². The number of hydrogen-bond acceptors (Lipinski definition) is 3. The van der Waals surface area contributed by atoms with Gasteiger partial charge in [-0.2, -0.15) is 0 Å². The van der Waals surface area contributed by atoms with E-state index in [9.17, 15) is 4.79 Å². The van der Waals surface area contributed by atoms with Crippen LogP contribution in [0.4, 0.5) is 0 Å². The van der Waals surface area contributed by atoms with Crippen molar-refractivity contribution in [3.05, 3.63) is 111 Å². The number of ether oxygens (including phenoxy) is 2. The Morgan fingerprint density at radius 1 is 0.886 bits per heavy atom. The van der Waals surface area contributed by atoms with Gasteiger partial charge in [0, 0.05) is 33.6 Å². The van der Waals surface area contributed by atoms with Crippen LogP contribution in [0.1, 0.15) is 28.0 Å². The van der Waals surface area contributed by atoms with Crippen molar-refractivity contribution in [2.24, 2.45) is 0 Å². The number of aromatic nitrogens is 1. The lowest BCUT2D eigenvalue weighted by atomic mass is 10.1. The molecule has 0 saturated heterocycles. The van der Waals surface area contributed by atoms with Gasteiger partial charge in [0.1, 0.15) is 0 Å². The molecule has 0 aliphatic rings. The monoisotopic (exact) mass is 527 g/mol. The third-order valence-corrected chi connectivity index (χ3v) is 6.41. The number of halogens is 3. The molecule has 4 aromatic rings. The molecule has 0 atom stereocenters. The lowest BCUT2D eigenvalue weighted by Gasteiger charge is -2.16.